The van der Waals surface area contributed by atoms with Crippen molar-refractivity contribution in [3.8, 4) is 0 Å². The maximum atomic E-state index is 5.73. The minimum atomic E-state index is 0.421. The Hall–Kier alpha value is -1.08. The van der Waals surface area contributed by atoms with Crippen molar-refractivity contribution in [2.75, 3.05) is 6.54 Å². The quantitative estimate of drug-likeness (QED) is 0.815. The fraction of sp³-hybridized carbons (Fsp3) is 0.467. The number of rotatable bonds is 4. The zero-order valence-electron chi connectivity index (χ0n) is 10.1. The molecule has 0 spiro atoms. The molecule has 1 fully saturated rings. The van der Waals surface area contributed by atoms with E-state index in [1.807, 2.05) is 0 Å². The highest BCUT2D eigenvalue weighted by Gasteiger charge is 2.37. The standard InChI is InChI=1S/C15H21N/c1-13(12-14-6-3-2-4-7-14)15(10-11-16)8-5-9-15/h2-4,6-7,12H,5,8-11,16H2,1H3/b13-12+. The van der Waals surface area contributed by atoms with Gasteiger partial charge in [0.1, 0.15) is 0 Å². The van der Waals surface area contributed by atoms with Crippen molar-refractivity contribution >= 4 is 6.08 Å². The first-order valence-corrected chi connectivity index (χ1v) is 6.21. The Morgan fingerprint density at radius 2 is 2.00 bits per heavy atom. The van der Waals surface area contributed by atoms with Gasteiger partial charge in [-0.3, -0.25) is 0 Å². The maximum Gasteiger partial charge on any atom is -0.00689 e. The molecule has 0 aromatic heterocycles. The second-order valence-corrected chi connectivity index (χ2v) is 4.91. The van der Waals surface area contributed by atoms with E-state index in [0.717, 1.165) is 13.0 Å². The molecule has 2 N–H and O–H groups in total. The number of allylic oxidation sites excluding steroid dienone is 1. The maximum absolute atomic E-state index is 5.73. The summed E-state index contributed by atoms with van der Waals surface area (Å²) >= 11 is 0. The van der Waals surface area contributed by atoms with Crippen molar-refractivity contribution in [2.24, 2.45) is 11.1 Å². The highest BCUT2D eigenvalue weighted by molar-refractivity contribution is 5.54. The van der Waals surface area contributed by atoms with E-state index in [-0.39, 0.29) is 0 Å². The molecule has 0 amide bonds. The van der Waals surface area contributed by atoms with Gasteiger partial charge < -0.3 is 5.73 Å². The summed E-state index contributed by atoms with van der Waals surface area (Å²) in [4.78, 5) is 0. The molecule has 16 heavy (non-hydrogen) atoms. The van der Waals surface area contributed by atoms with Crippen LogP contribution in [-0.4, -0.2) is 6.54 Å². The zero-order chi connectivity index (χ0) is 11.4. The van der Waals surface area contributed by atoms with Crippen molar-refractivity contribution < 1.29 is 0 Å². The van der Waals surface area contributed by atoms with Gasteiger partial charge in [-0.15, -0.1) is 0 Å². The Labute approximate surface area is 98.4 Å². The minimum Gasteiger partial charge on any atom is -0.330 e. The molecule has 0 unspecified atom stereocenters. The van der Waals surface area contributed by atoms with Crippen LogP contribution in [0.2, 0.25) is 0 Å². The first-order chi connectivity index (χ1) is 7.77. The molecule has 2 rings (SSSR count). The van der Waals surface area contributed by atoms with Gasteiger partial charge in [0.25, 0.3) is 0 Å². The summed E-state index contributed by atoms with van der Waals surface area (Å²) in [5, 5.41) is 0. The normalized spacial score (nSPS) is 19.2. The van der Waals surface area contributed by atoms with Crippen molar-refractivity contribution in [3.05, 3.63) is 41.5 Å². The summed E-state index contributed by atoms with van der Waals surface area (Å²) in [5.41, 5.74) is 8.97. The van der Waals surface area contributed by atoms with Gasteiger partial charge in [-0.05, 0) is 43.7 Å². The van der Waals surface area contributed by atoms with Gasteiger partial charge in [-0.25, -0.2) is 0 Å². The zero-order valence-corrected chi connectivity index (χ0v) is 10.1. The van der Waals surface area contributed by atoms with Crippen LogP contribution in [-0.2, 0) is 0 Å². The molecule has 1 aliphatic rings. The Bertz CT molecular complexity index is 360. The highest BCUT2D eigenvalue weighted by atomic mass is 14.6. The second-order valence-electron chi connectivity index (χ2n) is 4.91. The van der Waals surface area contributed by atoms with Crippen molar-refractivity contribution in [2.45, 2.75) is 32.6 Å². The number of hydrogen-bond acceptors (Lipinski definition) is 1. The number of nitrogens with two attached hydrogens (primary N) is 1. The summed E-state index contributed by atoms with van der Waals surface area (Å²) in [7, 11) is 0. The summed E-state index contributed by atoms with van der Waals surface area (Å²) in [6.45, 7) is 3.07. The van der Waals surface area contributed by atoms with E-state index in [2.05, 4.69) is 43.3 Å². The van der Waals surface area contributed by atoms with Gasteiger partial charge in [0.15, 0.2) is 0 Å². The van der Waals surface area contributed by atoms with E-state index in [4.69, 9.17) is 5.73 Å². The Morgan fingerprint density at radius 3 is 2.50 bits per heavy atom. The third-order valence-corrected chi connectivity index (χ3v) is 3.95. The fourth-order valence-electron chi connectivity index (χ4n) is 2.67. The lowest BCUT2D eigenvalue weighted by molar-refractivity contribution is 0.175. The third kappa shape index (κ3) is 2.19. The largest absolute Gasteiger partial charge is 0.330 e. The van der Waals surface area contributed by atoms with E-state index in [0.29, 0.717) is 5.41 Å². The molecule has 1 nitrogen and oxygen atoms in total. The summed E-state index contributed by atoms with van der Waals surface area (Å²) < 4.78 is 0. The molecule has 0 bridgehead atoms. The van der Waals surface area contributed by atoms with Gasteiger partial charge in [0.05, 0.1) is 0 Å². The summed E-state index contributed by atoms with van der Waals surface area (Å²) in [6, 6.07) is 10.6. The van der Waals surface area contributed by atoms with E-state index >= 15 is 0 Å². The lowest BCUT2D eigenvalue weighted by atomic mass is 9.62. The van der Waals surface area contributed by atoms with Gasteiger partial charge >= 0.3 is 0 Å². The van der Waals surface area contributed by atoms with E-state index < -0.39 is 0 Å². The summed E-state index contributed by atoms with van der Waals surface area (Å²) in [6.07, 6.45) is 7.47. The molecular weight excluding hydrogens is 194 g/mol. The Balaban J connectivity index is 2.17. The second kappa shape index (κ2) is 4.84. The van der Waals surface area contributed by atoms with Crippen molar-refractivity contribution in [1.82, 2.24) is 0 Å². The lowest BCUT2D eigenvalue weighted by Crippen LogP contribution is -2.33. The SMILES string of the molecule is C/C(=C\c1ccccc1)C1(CCN)CCC1. The average Bonchev–Trinajstić information content (AvgIpc) is 2.24. The van der Waals surface area contributed by atoms with Gasteiger partial charge in [-0.1, -0.05) is 48.4 Å². The molecule has 1 aliphatic carbocycles. The monoisotopic (exact) mass is 215 g/mol. The molecule has 1 aromatic carbocycles. The number of benzene rings is 1. The topological polar surface area (TPSA) is 26.0 Å². The first kappa shape index (κ1) is 11.4. The van der Waals surface area contributed by atoms with Crippen LogP contribution in [0.15, 0.2) is 35.9 Å². The van der Waals surface area contributed by atoms with Gasteiger partial charge in [0.2, 0.25) is 0 Å². The van der Waals surface area contributed by atoms with Crippen LogP contribution in [0.1, 0.15) is 38.2 Å². The minimum absolute atomic E-state index is 0.421. The van der Waals surface area contributed by atoms with Gasteiger partial charge in [-0.2, -0.15) is 0 Å². The van der Waals surface area contributed by atoms with Gasteiger partial charge in [0, 0.05) is 0 Å². The Kier molecular flexibility index (Phi) is 3.45. The molecule has 0 heterocycles. The van der Waals surface area contributed by atoms with Crippen molar-refractivity contribution in [3.63, 3.8) is 0 Å². The van der Waals surface area contributed by atoms with Crippen molar-refractivity contribution in [1.29, 1.82) is 0 Å². The lowest BCUT2D eigenvalue weighted by Gasteiger charge is -2.43. The average molecular weight is 215 g/mol. The fourth-order valence-corrected chi connectivity index (χ4v) is 2.67. The molecular formula is C15H21N. The van der Waals surface area contributed by atoms with Crippen LogP contribution in [0.4, 0.5) is 0 Å². The van der Waals surface area contributed by atoms with Crippen LogP contribution in [0.5, 0.6) is 0 Å². The molecule has 0 atom stereocenters. The third-order valence-electron chi connectivity index (χ3n) is 3.95. The predicted molar refractivity (Wildman–Crippen MR) is 70.0 cm³/mol. The molecule has 1 heteroatoms. The van der Waals surface area contributed by atoms with Crippen LogP contribution in [0.25, 0.3) is 6.08 Å². The van der Waals surface area contributed by atoms with Crippen LogP contribution in [0.3, 0.4) is 0 Å². The number of hydrogen-bond donors (Lipinski definition) is 1. The highest BCUT2D eigenvalue weighted by Crippen LogP contribution is 2.49. The van der Waals surface area contributed by atoms with Crippen LogP contribution in [0, 0.1) is 5.41 Å². The molecule has 1 aromatic rings. The molecule has 0 radical (unpaired) electrons. The van der Waals surface area contributed by atoms with E-state index in [1.54, 1.807) is 0 Å². The van der Waals surface area contributed by atoms with Crippen LogP contribution < -0.4 is 5.73 Å². The molecule has 0 saturated heterocycles. The summed E-state index contributed by atoms with van der Waals surface area (Å²) in [5.74, 6) is 0. The van der Waals surface area contributed by atoms with Crippen LogP contribution >= 0.6 is 0 Å². The molecule has 1 saturated carbocycles. The van der Waals surface area contributed by atoms with E-state index in [1.165, 1.54) is 30.4 Å². The smallest absolute Gasteiger partial charge is 0.00689 e. The van der Waals surface area contributed by atoms with E-state index in [9.17, 15) is 0 Å². The predicted octanol–water partition coefficient (Wildman–Crippen LogP) is 3.61. The molecule has 0 aliphatic heterocycles. The first-order valence-electron chi connectivity index (χ1n) is 6.21. The Morgan fingerprint density at radius 1 is 1.31 bits per heavy atom. The molecule has 86 valence electrons.